The molecule has 2 aromatic heterocycles. The monoisotopic (exact) mass is 339 g/mol. The van der Waals surface area contributed by atoms with Crippen molar-refractivity contribution in [1.29, 1.82) is 0 Å². The van der Waals surface area contributed by atoms with E-state index in [4.69, 9.17) is 0 Å². The van der Waals surface area contributed by atoms with Crippen molar-refractivity contribution >= 4 is 11.8 Å². The van der Waals surface area contributed by atoms with Crippen LogP contribution in [0.5, 0.6) is 0 Å². The second-order valence-electron chi connectivity index (χ2n) is 6.79. The maximum absolute atomic E-state index is 12.5. The zero-order valence-corrected chi connectivity index (χ0v) is 15.0. The molecular weight excluding hydrogens is 314 g/mol. The Labute approximate surface area is 148 Å². The average Bonchev–Trinajstić information content (AvgIpc) is 2.96. The summed E-state index contributed by atoms with van der Waals surface area (Å²) in [6.45, 7) is 3.70. The van der Waals surface area contributed by atoms with Crippen LogP contribution in [0.3, 0.4) is 0 Å². The minimum atomic E-state index is -0.127. The van der Waals surface area contributed by atoms with Crippen LogP contribution in [0.1, 0.15) is 23.6 Å². The second kappa shape index (κ2) is 7.61. The van der Waals surface area contributed by atoms with Gasteiger partial charge in [-0.05, 0) is 62.2 Å². The highest BCUT2D eigenvalue weighted by Crippen LogP contribution is 2.36. The number of hydrogen-bond acceptors (Lipinski definition) is 4. The number of likely N-dealkylation sites (tertiary alicyclic amines) is 1. The lowest BCUT2D eigenvalue weighted by Crippen LogP contribution is -2.37. The van der Waals surface area contributed by atoms with Crippen LogP contribution < -0.4 is 5.32 Å². The van der Waals surface area contributed by atoms with E-state index >= 15 is 0 Å². The highest BCUT2D eigenvalue weighted by Gasteiger charge is 2.34. The van der Waals surface area contributed by atoms with Crippen molar-refractivity contribution in [3.05, 3.63) is 54.0 Å². The molecule has 1 saturated heterocycles. The van der Waals surface area contributed by atoms with Crippen LogP contribution in [0.25, 0.3) is 0 Å². The van der Waals surface area contributed by atoms with E-state index in [0.29, 0.717) is 24.3 Å². The minimum Gasteiger partial charge on any atom is -0.327 e. The molecule has 0 bridgehead atoms. The molecule has 2 amide bonds. The third-order valence-electron chi connectivity index (χ3n) is 4.81. The van der Waals surface area contributed by atoms with Gasteiger partial charge in [0.05, 0.1) is 0 Å². The molecule has 3 heterocycles. The van der Waals surface area contributed by atoms with E-state index in [1.807, 2.05) is 38.4 Å². The Morgan fingerprint density at radius 1 is 1.40 bits per heavy atom. The van der Waals surface area contributed by atoms with Crippen molar-refractivity contribution in [2.75, 3.05) is 32.5 Å². The van der Waals surface area contributed by atoms with E-state index in [9.17, 15) is 4.79 Å². The lowest BCUT2D eigenvalue weighted by Gasteiger charge is -2.28. The molecule has 1 fully saturated rings. The number of anilines is 1. The molecule has 3 rings (SSSR count). The van der Waals surface area contributed by atoms with Crippen LogP contribution in [-0.2, 0) is 0 Å². The summed E-state index contributed by atoms with van der Waals surface area (Å²) in [5, 5.41) is 2.87. The highest BCUT2D eigenvalue weighted by molar-refractivity contribution is 5.88. The Kier molecular flexibility index (Phi) is 5.28. The fourth-order valence-electron chi connectivity index (χ4n) is 3.54. The van der Waals surface area contributed by atoms with E-state index in [-0.39, 0.29) is 6.03 Å². The topological polar surface area (TPSA) is 61.4 Å². The van der Waals surface area contributed by atoms with E-state index in [1.165, 1.54) is 5.56 Å². The summed E-state index contributed by atoms with van der Waals surface area (Å²) in [5.74, 6) is 0.972. The van der Waals surface area contributed by atoms with Crippen LogP contribution in [0.4, 0.5) is 10.6 Å². The first-order valence-electron chi connectivity index (χ1n) is 8.59. The Morgan fingerprint density at radius 2 is 2.24 bits per heavy atom. The molecule has 25 heavy (non-hydrogen) atoms. The molecule has 0 radical (unpaired) electrons. The zero-order valence-electron chi connectivity index (χ0n) is 15.0. The van der Waals surface area contributed by atoms with Gasteiger partial charge in [-0.2, -0.15) is 0 Å². The van der Waals surface area contributed by atoms with E-state index in [0.717, 1.165) is 18.5 Å². The molecule has 2 aromatic rings. The molecular formula is C19H25N5O. The van der Waals surface area contributed by atoms with Gasteiger partial charge in [-0.1, -0.05) is 6.07 Å². The van der Waals surface area contributed by atoms with Crippen molar-refractivity contribution in [2.45, 2.75) is 19.4 Å². The number of amides is 2. The summed E-state index contributed by atoms with van der Waals surface area (Å²) in [7, 11) is 3.97. The fraction of sp³-hybridized carbons (Fsp3) is 0.421. The highest BCUT2D eigenvalue weighted by atomic mass is 16.2. The normalized spacial score (nSPS) is 20.4. The molecule has 0 aliphatic carbocycles. The molecule has 1 aliphatic rings. The maximum atomic E-state index is 12.5. The molecule has 0 unspecified atom stereocenters. The second-order valence-corrected chi connectivity index (χ2v) is 6.79. The number of pyridine rings is 2. The lowest BCUT2D eigenvalue weighted by molar-refractivity contribution is 0.201. The maximum Gasteiger partial charge on any atom is 0.322 e. The summed E-state index contributed by atoms with van der Waals surface area (Å²) in [5.41, 5.74) is 2.28. The number of nitrogens with one attached hydrogen (secondary N) is 1. The van der Waals surface area contributed by atoms with Crippen molar-refractivity contribution in [1.82, 2.24) is 19.8 Å². The van der Waals surface area contributed by atoms with Crippen LogP contribution in [0.15, 0.2) is 42.9 Å². The third-order valence-corrected chi connectivity index (χ3v) is 4.81. The quantitative estimate of drug-likeness (QED) is 0.930. The first kappa shape index (κ1) is 17.4. The van der Waals surface area contributed by atoms with Gasteiger partial charge in [-0.25, -0.2) is 9.78 Å². The van der Waals surface area contributed by atoms with E-state index in [1.54, 1.807) is 17.3 Å². The molecule has 6 heteroatoms. The Balaban J connectivity index is 1.65. The standard InChI is InChI=1S/C19H25N5O/c1-14-6-9-21-17(11-14)22-19(25)24(3)13-16-7-10-23(2)18(16)15-5-4-8-20-12-15/h4-6,8-9,11-12,16,18H,7,10,13H2,1-3H3,(H,21,22,25)/t16-,18-/m0/s1. The molecule has 0 saturated carbocycles. The molecule has 1 N–H and O–H groups in total. The van der Waals surface area contributed by atoms with Gasteiger partial charge in [-0.3, -0.25) is 15.2 Å². The molecule has 0 spiro atoms. The molecule has 0 aromatic carbocycles. The smallest absolute Gasteiger partial charge is 0.322 e. The van der Waals surface area contributed by atoms with E-state index in [2.05, 4.69) is 33.3 Å². The number of aromatic nitrogens is 2. The number of rotatable bonds is 4. The summed E-state index contributed by atoms with van der Waals surface area (Å²) >= 11 is 0. The lowest BCUT2D eigenvalue weighted by atomic mass is 9.94. The first-order valence-corrected chi connectivity index (χ1v) is 8.59. The number of carbonyl (C=O) groups excluding carboxylic acids is 1. The van der Waals surface area contributed by atoms with Crippen LogP contribution >= 0.6 is 0 Å². The predicted octanol–water partition coefficient (Wildman–Crippen LogP) is 2.94. The van der Waals surface area contributed by atoms with Gasteiger partial charge in [0.1, 0.15) is 5.82 Å². The van der Waals surface area contributed by atoms with Gasteiger partial charge in [0.2, 0.25) is 0 Å². The number of aryl methyl sites for hydroxylation is 1. The number of hydrogen-bond donors (Lipinski definition) is 1. The molecule has 6 nitrogen and oxygen atoms in total. The number of carbonyl (C=O) groups is 1. The largest absolute Gasteiger partial charge is 0.327 e. The van der Waals surface area contributed by atoms with Gasteiger partial charge in [-0.15, -0.1) is 0 Å². The van der Waals surface area contributed by atoms with Gasteiger partial charge in [0, 0.05) is 38.2 Å². The average molecular weight is 339 g/mol. The summed E-state index contributed by atoms with van der Waals surface area (Å²) in [4.78, 5) is 25.0. The Hall–Kier alpha value is -2.47. The zero-order chi connectivity index (χ0) is 17.8. The van der Waals surface area contributed by atoms with Crippen LogP contribution in [0.2, 0.25) is 0 Å². The Bertz CT molecular complexity index is 721. The van der Waals surface area contributed by atoms with Gasteiger partial charge >= 0.3 is 6.03 Å². The van der Waals surface area contributed by atoms with Gasteiger partial charge in [0.25, 0.3) is 0 Å². The number of urea groups is 1. The molecule has 2 atom stereocenters. The summed E-state index contributed by atoms with van der Waals surface area (Å²) in [6.07, 6.45) is 6.49. The van der Waals surface area contributed by atoms with Gasteiger partial charge in [0.15, 0.2) is 0 Å². The first-order chi connectivity index (χ1) is 12.0. The SMILES string of the molecule is Cc1ccnc(NC(=O)N(C)C[C@@H]2CCN(C)[C@H]2c2cccnc2)c1. The van der Waals surface area contributed by atoms with Crippen molar-refractivity contribution < 1.29 is 4.79 Å². The van der Waals surface area contributed by atoms with Crippen molar-refractivity contribution in [3.8, 4) is 0 Å². The minimum absolute atomic E-state index is 0.127. The predicted molar refractivity (Wildman–Crippen MR) is 98.3 cm³/mol. The van der Waals surface area contributed by atoms with E-state index < -0.39 is 0 Å². The number of nitrogens with zero attached hydrogens (tertiary/aromatic N) is 4. The van der Waals surface area contributed by atoms with Crippen LogP contribution in [0, 0.1) is 12.8 Å². The fourth-order valence-corrected chi connectivity index (χ4v) is 3.54. The summed E-state index contributed by atoms with van der Waals surface area (Å²) in [6, 6.07) is 8.03. The van der Waals surface area contributed by atoms with Crippen molar-refractivity contribution in [2.24, 2.45) is 5.92 Å². The van der Waals surface area contributed by atoms with Gasteiger partial charge < -0.3 is 4.90 Å². The summed E-state index contributed by atoms with van der Waals surface area (Å²) < 4.78 is 0. The molecule has 132 valence electrons. The Morgan fingerprint density at radius 3 is 2.96 bits per heavy atom. The molecule has 1 aliphatic heterocycles. The third kappa shape index (κ3) is 4.14. The van der Waals surface area contributed by atoms with Crippen LogP contribution in [-0.4, -0.2) is 53.0 Å². The van der Waals surface area contributed by atoms with Crippen molar-refractivity contribution in [3.63, 3.8) is 0 Å².